The molecule has 2 aromatic carbocycles. The van der Waals surface area contributed by atoms with E-state index in [1.807, 2.05) is 29.2 Å². The number of rotatable bonds is 3. The van der Waals surface area contributed by atoms with Gasteiger partial charge in [-0.15, -0.1) is 0 Å². The zero-order valence-corrected chi connectivity index (χ0v) is 18.5. The van der Waals surface area contributed by atoms with E-state index in [2.05, 4.69) is 15.1 Å². The fraction of sp³-hybridized carbons (Fsp3) is 0.231. The summed E-state index contributed by atoms with van der Waals surface area (Å²) < 4.78 is 24.7. The van der Waals surface area contributed by atoms with Gasteiger partial charge in [0.1, 0.15) is 11.3 Å². The van der Waals surface area contributed by atoms with Gasteiger partial charge in [0.05, 0.1) is 22.3 Å². The highest BCUT2D eigenvalue weighted by molar-refractivity contribution is 6.07. The molecule has 0 aliphatic carbocycles. The van der Waals surface area contributed by atoms with Crippen LogP contribution in [0.1, 0.15) is 40.7 Å². The number of pyridine rings is 1. The molecule has 0 radical (unpaired) electrons. The van der Waals surface area contributed by atoms with E-state index < -0.39 is 0 Å². The number of carbonyl (C=O) groups excluding carboxylic acids is 1. The zero-order valence-electron chi connectivity index (χ0n) is 18.5. The number of oxazole rings is 1. The van der Waals surface area contributed by atoms with E-state index in [0.29, 0.717) is 46.7 Å². The highest BCUT2D eigenvalue weighted by Gasteiger charge is 2.29. The van der Waals surface area contributed by atoms with E-state index in [4.69, 9.17) is 8.94 Å². The van der Waals surface area contributed by atoms with Crippen LogP contribution in [0.15, 0.2) is 63.5 Å². The Morgan fingerprint density at radius 2 is 1.82 bits per heavy atom. The standard InChI is InChI=1S/C26H21FN4O3/c1-15-23-19(14-21(29-25(23)34-30-15)16-6-8-18(27)9-7-16)26(32)31-12-10-17(11-13-31)24-28-20-4-2-3-5-22(20)33-24/h2-9,14,17H,10-13H2,1H3. The van der Waals surface area contributed by atoms with Crippen molar-refractivity contribution in [3.05, 3.63) is 77.6 Å². The summed E-state index contributed by atoms with van der Waals surface area (Å²) in [5, 5.41) is 4.62. The Labute approximate surface area is 194 Å². The predicted octanol–water partition coefficient (Wildman–Crippen LogP) is 5.50. The van der Waals surface area contributed by atoms with Crippen molar-refractivity contribution >= 4 is 28.1 Å². The van der Waals surface area contributed by atoms with Crippen molar-refractivity contribution in [2.75, 3.05) is 13.1 Å². The molecule has 0 spiro atoms. The normalized spacial score (nSPS) is 14.8. The molecular weight excluding hydrogens is 435 g/mol. The lowest BCUT2D eigenvalue weighted by molar-refractivity contribution is 0.0708. The van der Waals surface area contributed by atoms with Crippen LogP contribution in [0.2, 0.25) is 0 Å². The number of halogens is 1. The maximum Gasteiger partial charge on any atom is 0.259 e. The van der Waals surface area contributed by atoms with E-state index in [1.54, 1.807) is 25.1 Å². The van der Waals surface area contributed by atoms with Gasteiger partial charge in [-0.2, -0.15) is 0 Å². The third-order valence-electron chi connectivity index (χ3n) is 6.43. The fourth-order valence-corrected chi connectivity index (χ4v) is 4.60. The molecule has 7 nitrogen and oxygen atoms in total. The number of aryl methyl sites for hydroxylation is 1. The molecule has 170 valence electrons. The third-order valence-corrected chi connectivity index (χ3v) is 6.43. The lowest BCUT2D eigenvalue weighted by Gasteiger charge is -2.30. The van der Waals surface area contributed by atoms with E-state index in [1.165, 1.54) is 12.1 Å². The third kappa shape index (κ3) is 3.51. The summed E-state index contributed by atoms with van der Waals surface area (Å²) in [5.41, 5.74) is 4.26. The summed E-state index contributed by atoms with van der Waals surface area (Å²) in [7, 11) is 0. The average Bonchev–Trinajstić information content (AvgIpc) is 3.47. The monoisotopic (exact) mass is 456 g/mol. The fourth-order valence-electron chi connectivity index (χ4n) is 4.60. The van der Waals surface area contributed by atoms with Crippen LogP contribution >= 0.6 is 0 Å². The first-order valence-corrected chi connectivity index (χ1v) is 11.2. The summed E-state index contributed by atoms with van der Waals surface area (Å²) in [6.45, 7) is 2.96. The van der Waals surface area contributed by atoms with Crippen molar-refractivity contribution in [1.82, 2.24) is 20.0 Å². The second-order valence-electron chi connectivity index (χ2n) is 8.60. The molecule has 5 aromatic rings. The molecule has 1 aliphatic rings. The van der Waals surface area contributed by atoms with Crippen LogP contribution in [0.5, 0.6) is 0 Å². The molecule has 0 bridgehead atoms. The molecule has 0 N–H and O–H groups in total. The Morgan fingerprint density at radius 1 is 1.06 bits per heavy atom. The quantitative estimate of drug-likeness (QED) is 0.356. The SMILES string of the molecule is Cc1noc2nc(-c3ccc(F)cc3)cc(C(=O)N3CCC(c4nc5ccccc5o4)CC3)c12. The molecule has 0 atom stereocenters. The maximum absolute atomic E-state index is 13.6. The molecule has 0 saturated carbocycles. The molecule has 1 saturated heterocycles. The molecular formula is C26H21FN4O3. The van der Waals surface area contributed by atoms with Crippen molar-refractivity contribution in [3.8, 4) is 11.3 Å². The summed E-state index contributed by atoms with van der Waals surface area (Å²) in [6.07, 6.45) is 1.53. The van der Waals surface area contributed by atoms with Crippen molar-refractivity contribution in [1.29, 1.82) is 0 Å². The maximum atomic E-state index is 13.6. The molecule has 1 fully saturated rings. The minimum absolute atomic E-state index is 0.0990. The van der Waals surface area contributed by atoms with Gasteiger partial charge < -0.3 is 13.8 Å². The van der Waals surface area contributed by atoms with Gasteiger partial charge in [0, 0.05) is 24.6 Å². The van der Waals surface area contributed by atoms with Crippen molar-refractivity contribution in [3.63, 3.8) is 0 Å². The smallest absolute Gasteiger partial charge is 0.259 e. The van der Waals surface area contributed by atoms with Crippen LogP contribution in [0.25, 0.3) is 33.5 Å². The number of amides is 1. The number of hydrogen-bond donors (Lipinski definition) is 0. The van der Waals surface area contributed by atoms with Gasteiger partial charge in [0.25, 0.3) is 11.6 Å². The average molecular weight is 456 g/mol. The second-order valence-corrected chi connectivity index (χ2v) is 8.60. The number of benzene rings is 2. The zero-order chi connectivity index (χ0) is 23.2. The second kappa shape index (κ2) is 8.06. The topological polar surface area (TPSA) is 85.3 Å². The van der Waals surface area contributed by atoms with Gasteiger partial charge in [0.15, 0.2) is 11.5 Å². The lowest BCUT2D eigenvalue weighted by Crippen LogP contribution is -2.38. The van der Waals surface area contributed by atoms with E-state index in [0.717, 1.165) is 29.8 Å². The summed E-state index contributed by atoms with van der Waals surface area (Å²) in [6, 6.07) is 15.5. The van der Waals surface area contributed by atoms with Gasteiger partial charge in [0.2, 0.25) is 0 Å². The van der Waals surface area contributed by atoms with E-state index >= 15 is 0 Å². The minimum Gasteiger partial charge on any atom is -0.440 e. The highest BCUT2D eigenvalue weighted by atomic mass is 19.1. The van der Waals surface area contributed by atoms with E-state index in [9.17, 15) is 9.18 Å². The van der Waals surface area contributed by atoms with Crippen LogP contribution in [0.3, 0.4) is 0 Å². The lowest BCUT2D eigenvalue weighted by atomic mass is 9.95. The Morgan fingerprint density at radius 3 is 2.59 bits per heavy atom. The molecule has 34 heavy (non-hydrogen) atoms. The molecule has 4 heterocycles. The van der Waals surface area contributed by atoms with E-state index in [-0.39, 0.29) is 17.6 Å². The van der Waals surface area contributed by atoms with Gasteiger partial charge in [-0.1, -0.05) is 17.3 Å². The number of carbonyl (C=O) groups is 1. The van der Waals surface area contributed by atoms with Crippen molar-refractivity contribution in [2.45, 2.75) is 25.7 Å². The number of likely N-dealkylation sites (tertiary alicyclic amines) is 1. The van der Waals surface area contributed by atoms with Crippen LogP contribution < -0.4 is 0 Å². The largest absolute Gasteiger partial charge is 0.440 e. The Hall–Kier alpha value is -4.07. The van der Waals surface area contributed by atoms with Gasteiger partial charge in [-0.3, -0.25) is 4.79 Å². The highest BCUT2D eigenvalue weighted by Crippen LogP contribution is 2.32. The number of aromatic nitrogens is 3. The molecule has 1 aliphatic heterocycles. The Bertz CT molecular complexity index is 1480. The molecule has 1 amide bonds. The molecule has 6 rings (SSSR count). The molecule has 3 aromatic heterocycles. The van der Waals surface area contributed by atoms with Crippen molar-refractivity contribution in [2.24, 2.45) is 0 Å². The number of para-hydroxylation sites is 2. The van der Waals surface area contributed by atoms with Crippen LogP contribution in [-0.2, 0) is 0 Å². The molecule has 8 heteroatoms. The number of piperidine rings is 1. The van der Waals surface area contributed by atoms with Crippen LogP contribution in [-0.4, -0.2) is 39.0 Å². The van der Waals surface area contributed by atoms with Gasteiger partial charge in [-0.05, 0) is 62.2 Å². The van der Waals surface area contributed by atoms with Crippen molar-refractivity contribution < 1.29 is 18.1 Å². The van der Waals surface area contributed by atoms with Gasteiger partial charge in [-0.25, -0.2) is 14.4 Å². The first-order chi connectivity index (χ1) is 16.6. The molecule has 0 unspecified atom stereocenters. The van der Waals surface area contributed by atoms with Gasteiger partial charge >= 0.3 is 0 Å². The summed E-state index contributed by atoms with van der Waals surface area (Å²) in [4.78, 5) is 24.6. The number of nitrogens with zero attached hydrogens (tertiary/aromatic N) is 4. The Kier molecular flexibility index (Phi) is 4.86. The summed E-state index contributed by atoms with van der Waals surface area (Å²) >= 11 is 0. The summed E-state index contributed by atoms with van der Waals surface area (Å²) in [5.74, 6) is 0.464. The minimum atomic E-state index is -0.335. The van der Waals surface area contributed by atoms with Crippen LogP contribution in [0, 0.1) is 12.7 Å². The number of fused-ring (bicyclic) bond motifs is 2. The number of hydrogen-bond acceptors (Lipinski definition) is 6. The predicted molar refractivity (Wildman–Crippen MR) is 124 cm³/mol. The first kappa shape index (κ1) is 20.5. The Balaban J connectivity index is 1.28. The van der Waals surface area contributed by atoms with Crippen LogP contribution in [0.4, 0.5) is 4.39 Å². The first-order valence-electron chi connectivity index (χ1n) is 11.2.